The van der Waals surface area contributed by atoms with Crippen LogP contribution in [0.15, 0.2) is 36.5 Å². The number of aliphatic hydroxyl groups is 1. The number of rotatable bonds is 2. The second kappa shape index (κ2) is 4.18. The molecule has 3 nitrogen and oxygen atoms in total. The molecule has 0 saturated carbocycles. The number of aromatic nitrogens is 2. The van der Waals surface area contributed by atoms with Crippen LogP contribution < -0.4 is 0 Å². The molecule has 0 aliphatic carbocycles. The summed E-state index contributed by atoms with van der Waals surface area (Å²) in [5, 5.41) is 14.7. The minimum absolute atomic E-state index is 0.663. The Morgan fingerprint density at radius 1 is 1.25 bits per heavy atom. The molecule has 0 spiro atoms. The summed E-state index contributed by atoms with van der Waals surface area (Å²) >= 11 is 2.24. The highest BCUT2D eigenvalue weighted by Crippen LogP contribution is 2.27. The van der Waals surface area contributed by atoms with Crippen LogP contribution in [0.5, 0.6) is 0 Å². The summed E-state index contributed by atoms with van der Waals surface area (Å²) in [6, 6.07) is 9.64. The number of hydrogen-bond acceptors (Lipinski definition) is 2. The molecule has 4 heteroatoms. The van der Waals surface area contributed by atoms with Crippen molar-refractivity contribution in [2.45, 2.75) is 12.5 Å². The molecule has 0 saturated heterocycles. The predicted molar refractivity (Wildman–Crippen MR) is 71.0 cm³/mol. The fourth-order valence-electron chi connectivity index (χ4n) is 1.60. The maximum Gasteiger partial charge on any atom is 0.130 e. The molecule has 1 aromatic heterocycles. The second-order valence-corrected chi connectivity index (χ2v) is 5.20. The van der Waals surface area contributed by atoms with E-state index in [2.05, 4.69) is 27.7 Å². The molecule has 1 N–H and O–H groups in total. The molecule has 0 aliphatic heterocycles. The van der Waals surface area contributed by atoms with E-state index in [0.717, 1.165) is 9.13 Å². The van der Waals surface area contributed by atoms with Gasteiger partial charge in [-0.1, -0.05) is 12.1 Å². The molecular formula is C12H13IN2O. The minimum atomic E-state index is -1.04. The van der Waals surface area contributed by atoms with Gasteiger partial charge in [0.25, 0.3) is 0 Å². The van der Waals surface area contributed by atoms with Crippen molar-refractivity contribution in [2.75, 3.05) is 0 Å². The van der Waals surface area contributed by atoms with Gasteiger partial charge >= 0.3 is 0 Å². The number of hydrogen-bond donors (Lipinski definition) is 1. The summed E-state index contributed by atoms with van der Waals surface area (Å²) in [5.74, 6) is 0. The molecular weight excluding hydrogens is 315 g/mol. The van der Waals surface area contributed by atoms with E-state index < -0.39 is 5.60 Å². The van der Waals surface area contributed by atoms with Gasteiger partial charge < -0.3 is 5.11 Å². The van der Waals surface area contributed by atoms with Gasteiger partial charge in [-0.3, -0.25) is 4.68 Å². The van der Waals surface area contributed by atoms with Crippen molar-refractivity contribution in [3.05, 3.63) is 51.4 Å². The van der Waals surface area contributed by atoms with Crippen LogP contribution in [0.2, 0.25) is 0 Å². The molecule has 1 heterocycles. The summed E-state index contributed by atoms with van der Waals surface area (Å²) in [5.41, 5.74) is 0.480. The van der Waals surface area contributed by atoms with E-state index in [1.165, 1.54) is 0 Å². The van der Waals surface area contributed by atoms with Crippen LogP contribution in [0.4, 0.5) is 0 Å². The number of halogens is 1. The molecule has 2 aromatic rings. The minimum Gasteiger partial charge on any atom is -0.379 e. The van der Waals surface area contributed by atoms with E-state index in [1.807, 2.05) is 43.6 Å². The Balaban J connectivity index is 2.42. The van der Waals surface area contributed by atoms with Crippen LogP contribution in [0.1, 0.15) is 18.2 Å². The highest BCUT2D eigenvalue weighted by molar-refractivity contribution is 14.1. The summed E-state index contributed by atoms with van der Waals surface area (Å²) in [6.45, 7) is 1.76. The predicted octanol–water partition coefficient (Wildman–Crippen LogP) is 2.28. The topological polar surface area (TPSA) is 38.0 Å². The zero-order valence-corrected chi connectivity index (χ0v) is 11.3. The number of benzene rings is 1. The maximum atomic E-state index is 10.5. The monoisotopic (exact) mass is 328 g/mol. The quantitative estimate of drug-likeness (QED) is 0.859. The highest BCUT2D eigenvalue weighted by Gasteiger charge is 2.27. The van der Waals surface area contributed by atoms with Crippen LogP contribution in [-0.2, 0) is 12.6 Å². The molecule has 84 valence electrons. The van der Waals surface area contributed by atoms with Crippen LogP contribution in [0.3, 0.4) is 0 Å². The van der Waals surface area contributed by atoms with E-state index in [1.54, 1.807) is 11.6 Å². The standard InChI is InChI=1S/C12H13IN2O/c1-12(16,11-7-8-15(2)14-11)9-3-5-10(13)6-4-9/h3-8,16H,1-2H3/t12-/m1/s1. The second-order valence-electron chi connectivity index (χ2n) is 3.95. The van der Waals surface area contributed by atoms with Gasteiger partial charge in [-0.05, 0) is 53.3 Å². The molecule has 0 fully saturated rings. The van der Waals surface area contributed by atoms with Gasteiger partial charge in [0.05, 0.1) is 5.69 Å². The fourth-order valence-corrected chi connectivity index (χ4v) is 1.96. The Morgan fingerprint density at radius 3 is 2.38 bits per heavy atom. The van der Waals surface area contributed by atoms with E-state index in [-0.39, 0.29) is 0 Å². The Hall–Kier alpha value is -0.880. The highest BCUT2D eigenvalue weighted by atomic mass is 127. The van der Waals surface area contributed by atoms with Crippen molar-refractivity contribution < 1.29 is 5.11 Å². The third-order valence-corrected chi connectivity index (χ3v) is 3.34. The Morgan fingerprint density at radius 2 is 1.88 bits per heavy atom. The lowest BCUT2D eigenvalue weighted by Gasteiger charge is -2.21. The van der Waals surface area contributed by atoms with Crippen LogP contribution in [0.25, 0.3) is 0 Å². The summed E-state index contributed by atoms with van der Waals surface area (Å²) < 4.78 is 2.84. The van der Waals surface area contributed by atoms with Crippen molar-refractivity contribution in [3.8, 4) is 0 Å². The van der Waals surface area contributed by atoms with Gasteiger partial charge in [-0.15, -0.1) is 0 Å². The SMILES string of the molecule is Cn1ccc([C@](C)(O)c2ccc(I)cc2)n1. The van der Waals surface area contributed by atoms with Gasteiger partial charge in [-0.2, -0.15) is 5.10 Å². The summed E-state index contributed by atoms with van der Waals surface area (Å²) in [7, 11) is 1.84. The first-order valence-electron chi connectivity index (χ1n) is 4.98. The lowest BCUT2D eigenvalue weighted by atomic mass is 9.93. The third kappa shape index (κ3) is 2.12. The van der Waals surface area contributed by atoms with Gasteiger partial charge in [0.2, 0.25) is 0 Å². The lowest BCUT2D eigenvalue weighted by Crippen LogP contribution is -2.23. The zero-order chi connectivity index (χ0) is 11.8. The van der Waals surface area contributed by atoms with Crippen molar-refractivity contribution in [3.63, 3.8) is 0 Å². The summed E-state index contributed by atoms with van der Waals surface area (Å²) in [6.07, 6.45) is 1.83. The smallest absolute Gasteiger partial charge is 0.130 e. The fraction of sp³-hybridized carbons (Fsp3) is 0.250. The van der Waals surface area contributed by atoms with E-state index in [4.69, 9.17) is 0 Å². The van der Waals surface area contributed by atoms with Gasteiger partial charge in [-0.25, -0.2) is 0 Å². The Bertz CT molecular complexity index is 488. The number of aryl methyl sites for hydroxylation is 1. The molecule has 1 atom stereocenters. The number of nitrogens with zero attached hydrogens (tertiary/aromatic N) is 2. The van der Waals surface area contributed by atoms with E-state index in [0.29, 0.717) is 5.69 Å². The normalized spacial score (nSPS) is 14.8. The first-order chi connectivity index (χ1) is 7.50. The average molecular weight is 328 g/mol. The molecule has 2 rings (SSSR count). The summed E-state index contributed by atoms with van der Waals surface area (Å²) in [4.78, 5) is 0. The Labute approximate surface area is 108 Å². The molecule has 0 bridgehead atoms. The molecule has 0 amide bonds. The average Bonchev–Trinajstić information content (AvgIpc) is 2.66. The maximum absolute atomic E-state index is 10.5. The van der Waals surface area contributed by atoms with Crippen molar-refractivity contribution >= 4 is 22.6 Å². The van der Waals surface area contributed by atoms with E-state index >= 15 is 0 Å². The first-order valence-corrected chi connectivity index (χ1v) is 6.06. The zero-order valence-electron chi connectivity index (χ0n) is 9.18. The van der Waals surface area contributed by atoms with Gasteiger partial charge in [0.1, 0.15) is 5.60 Å². The third-order valence-electron chi connectivity index (χ3n) is 2.62. The Kier molecular flexibility index (Phi) is 3.03. The molecule has 0 radical (unpaired) electrons. The van der Waals surface area contributed by atoms with Crippen LogP contribution >= 0.6 is 22.6 Å². The molecule has 0 aliphatic rings. The molecule has 0 unspecified atom stereocenters. The largest absolute Gasteiger partial charge is 0.379 e. The van der Waals surface area contributed by atoms with Crippen molar-refractivity contribution in [1.29, 1.82) is 0 Å². The van der Waals surface area contributed by atoms with E-state index in [9.17, 15) is 5.11 Å². The lowest BCUT2D eigenvalue weighted by molar-refractivity contribution is 0.0967. The van der Waals surface area contributed by atoms with Gasteiger partial charge in [0, 0.05) is 16.8 Å². The first kappa shape index (κ1) is 11.6. The molecule has 16 heavy (non-hydrogen) atoms. The van der Waals surface area contributed by atoms with Gasteiger partial charge in [0.15, 0.2) is 0 Å². The molecule has 1 aromatic carbocycles. The van der Waals surface area contributed by atoms with Crippen LogP contribution in [-0.4, -0.2) is 14.9 Å². The van der Waals surface area contributed by atoms with Crippen molar-refractivity contribution in [2.24, 2.45) is 7.05 Å². The van der Waals surface area contributed by atoms with Crippen LogP contribution in [0, 0.1) is 3.57 Å². The van der Waals surface area contributed by atoms with Crippen molar-refractivity contribution in [1.82, 2.24) is 9.78 Å².